The Morgan fingerprint density at radius 1 is 1.17 bits per heavy atom. The maximum Gasteiger partial charge on any atom is 0.281 e. The van der Waals surface area contributed by atoms with Crippen LogP contribution in [0.15, 0.2) is 24.3 Å². The summed E-state index contributed by atoms with van der Waals surface area (Å²) >= 11 is 0. The van der Waals surface area contributed by atoms with Gasteiger partial charge in [-0.1, -0.05) is 24.3 Å². The van der Waals surface area contributed by atoms with E-state index in [9.17, 15) is 13.2 Å². The Kier molecular flexibility index (Phi) is 7.64. The summed E-state index contributed by atoms with van der Waals surface area (Å²) in [6.45, 7) is 5.34. The maximum absolute atomic E-state index is 12.7. The van der Waals surface area contributed by atoms with Crippen molar-refractivity contribution in [3.8, 4) is 0 Å². The van der Waals surface area contributed by atoms with Gasteiger partial charge in [0.25, 0.3) is 10.2 Å². The summed E-state index contributed by atoms with van der Waals surface area (Å²) in [6.07, 6.45) is 1.40. The molecule has 29 heavy (non-hydrogen) atoms. The summed E-state index contributed by atoms with van der Waals surface area (Å²) in [5.74, 6) is -0.394. The summed E-state index contributed by atoms with van der Waals surface area (Å²) in [4.78, 5) is 15.1. The molecule has 0 spiro atoms. The third-order valence-corrected chi connectivity index (χ3v) is 7.52. The van der Waals surface area contributed by atoms with Crippen LogP contribution in [-0.4, -0.2) is 81.3 Å². The number of carbonyl (C=O) groups excluding carboxylic acids is 1. The second kappa shape index (κ2) is 9.99. The number of piperidine rings is 1. The van der Waals surface area contributed by atoms with Crippen molar-refractivity contribution in [3.05, 3.63) is 35.4 Å². The number of amides is 1. The molecule has 0 bridgehead atoms. The van der Waals surface area contributed by atoms with Gasteiger partial charge in [0.1, 0.15) is 0 Å². The van der Waals surface area contributed by atoms with E-state index in [4.69, 9.17) is 4.74 Å². The van der Waals surface area contributed by atoms with Gasteiger partial charge >= 0.3 is 0 Å². The number of nitrogens with zero attached hydrogens (tertiary/aromatic N) is 3. The zero-order valence-electron chi connectivity index (χ0n) is 17.3. The average molecular weight is 425 g/mol. The highest BCUT2D eigenvalue weighted by Gasteiger charge is 2.33. The van der Waals surface area contributed by atoms with Crippen molar-refractivity contribution >= 4 is 16.1 Å². The minimum atomic E-state index is -3.49. The molecule has 162 valence electrons. The number of ether oxygens (including phenoxy) is 1. The molecule has 3 rings (SSSR count). The van der Waals surface area contributed by atoms with E-state index in [1.54, 1.807) is 0 Å². The fourth-order valence-corrected chi connectivity index (χ4v) is 5.00. The Labute approximate surface area is 174 Å². The Hall–Kier alpha value is -1.52. The van der Waals surface area contributed by atoms with E-state index in [0.717, 1.165) is 38.4 Å². The largest absolute Gasteiger partial charge is 0.379 e. The molecular weight excluding hydrogens is 392 g/mol. The van der Waals surface area contributed by atoms with E-state index in [1.807, 2.05) is 18.2 Å². The predicted octanol–water partition coefficient (Wildman–Crippen LogP) is 0.653. The molecule has 0 aliphatic carbocycles. The third-order valence-electron chi connectivity index (χ3n) is 5.61. The fourth-order valence-electron chi connectivity index (χ4n) is 3.81. The van der Waals surface area contributed by atoms with Gasteiger partial charge in [0.05, 0.1) is 19.1 Å². The average Bonchev–Trinajstić information content (AvgIpc) is 2.73. The number of hydrogen-bond donors (Lipinski definition) is 1. The van der Waals surface area contributed by atoms with Crippen molar-refractivity contribution in [2.24, 2.45) is 5.92 Å². The van der Waals surface area contributed by atoms with Crippen molar-refractivity contribution in [2.45, 2.75) is 25.9 Å². The van der Waals surface area contributed by atoms with Gasteiger partial charge in [-0.2, -0.15) is 17.0 Å². The van der Waals surface area contributed by atoms with Crippen LogP contribution in [0.1, 0.15) is 24.0 Å². The van der Waals surface area contributed by atoms with Crippen LogP contribution < -0.4 is 5.32 Å². The molecule has 2 saturated heterocycles. The van der Waals surface area contributed by atoms with Crippen LogP contribution in [0.25, 0.3) is 0 Å². The Bertz CT molecular complexity index is 793. The van der Waals surface area contributed by atoms with Crippen molar-refractivity contribution in [2.75, 3.05) is 53.5 Å². The Morgan fingerprint density at radius 2 is 1.86 bits per heavy atom. The minimum Gasteiger partial charge on any atom is -0.379 e. The van der Waals surface area contributed by atoms with Crippen LogP contribution in [0.2, 0.25) is 0 Å². The SMILES string of the molecule is CN(C)S(=O)(=O)N1CCCC(C(=O)NCc2ccccc2CN2CCOCC2)C1. The van der Waals surface area contributed by atoms with E-state index >= 15 is 0 Å². The van der Waals surface area contributed by atoms with Crippen molar-refractivity contribution in [1.29, 1.82) is 0 Å². The van der Waals surface area contributed by atoms with Gasteiger partial charge < -0.3 is 10.1 Å². The Morgan fingerprint density at radius 3 is 2.55 bits per heavy atom. The first-order valence-corrected chi connectivity index (χ1v) is 11.6. The highest BCUT2D eigenvalue weighted by Crippen LogP contribution is 2.21. The molecule has 1 aromatic carbocycles. The van der Waals surface area contributed by atoms with Crippen LogP contribution in [0.4, 0.5) is 0 Å². The van der Waals surface area contributed by atoms with Crippen LogP contribution in [0.5, 0.6) is 0 Å². The van der Waals surface area contributed by atoms with Crippen molar-refractivity contribution < 1.29 is 17.9 Å². The van der Waals surface area contributed by atoms with Gasteiger partial charge in [0, 0.05) is 53.4 Å². The van der Waals surface area contributed by atoms with Gasteiger partial charge in [0.2, 0.25) is 5.91 Å². The normalized spacial score (nSPS) is 22.0. The quantitative estimate of drug-likeness (QED) is 0.695. The van der Waals surface area contributed by atoms with Crippen LogP contribution in [0.3, 0.4) is 0 Å². The first kappa shape index (κ1) is 22.2. The van der Waals surface area contributed by atoms with Crippen LogP contribution in [-0.2, 0) is 32.8 Å². The lowest BCUT2D eigenvalue weighted by Crippen LogP contribution is -2.48. The number of morpholine rings is 1. The number of nitrogens with one attached hydrogen (secondary N) is 1. The lowest BCUT2D eigenvalue weighted by molar-refractivity contribution is -0.126. The third kappa shape index (κ3) is 5.76. The zero-order valence-corrected chi connectivity index (χ0v) is 18.2. The molecule has 0 radical (unpaired) electrons. The van der Waals surface area contributed by atoms with Gasteiger partial charge in [-0.3, -0.25) is 9.69 Å². The number of benzene rings is 1. The summed E-state index contributed by atoms with van der Waals surface area (Å²) in [5, 5.41) is 3.03. The predicted molar refractivity (Wildman–Crippen MR) is 111 cm³/mol. The molecule has 0 saturated carbocycles. The number of hydrogen-bond acceptors (Lipinski definition) is 5. The highest BCUT2D eigenvalue weighted by molar-refractivity contribution is 7.86. The molecule has 1 amide bonds. The molecular formula is C20H32N4O4S. The molecule has 1 N–H and O–H groups in total. The molecule has 9 heteroatoms. The first-order chi connectivity index (χ1) is 13.9. The molecule has 2 aliphatic heterocycles. The van der Waals surface area contributed by atoms with Gasteiger partial charge in [-0.15, -0.1) is 0 Å². The standard InChI is InChI=1S/C20H32N4O4S/c1-22(2)29(26,27)24-9-5-8-19(16-24)20(25)21-14-17-6-3-4-7-18(17)15-23-10-12-28-13-11-23/h3-4,6-7,19H,5,8-16H2,1-2H3,(H,21,25). The summed E-state index contributed by atoms with van der Waals surface area (Å²) < 4.78 is 32.8. The number of rotatable bonds is 7. The van der Waals surface area contributed by atoms with Crippen LogP contribution >= 0.6 is 0 Å². The molecule has 1 unspecified atom stereocenters. The second-order valence-corrected chi connectivity index (χ2v) is 10.0. The molecule has 0 aromatic heterocycles. The van der Waals surface area contributed by atoms with Crippen molar-refractivity contribution in [3.63, 3.8) is 0 Å². The lowest BCUT2D eigenvalue weighted by atomic mass is 9.98. The Balaban J connectivity index is 1.58. The molecule has 1 aromatic rings. The van der Waals surface area contributed by atoms with Gasteiger partial charge in [0.15, 0.2) is 0 Å². The summed E-state index contributed by atoms with van der Waals surface area (Å²) in [6, 6.07) is 8.14. The summed E-state index contributed by atoms with van der Waals surface area (Å²) in [5.41, 5.74) is 2.30. The zero-order chi connectivity index (χ0) is 20.9. The van der Waals surface area contributed by atoms with E-state index in [1.165, 1.54) is 28.3 Å². The van der Waals surface area contributed by atoms with E-state index in [0.29, 0.717) is 25.9 Å². The molecule has 2 heterocycles. The van der Waals surface area contributed by atoms with Crippen LogP contribution in [0, 0.1) is 5.92 Å². The van der Waals surface area contributed by atoms with Gasteiger partial charge in [-0.05, 0) is 24.0 Å². The summed E-state index contributed by atoms with van der Waals surface area (Å²) in [7, 11) is -0.449. The van der Waals surface area contributed by atoms with E-state index < -0.39 is 10.2 Å². The fraction of sp³-hybridized carbons (Fsp3) is 0.650. The number of carbonyl (C=O) groups is 1. The monoisotopic (exact) mass is 424 g/mol. The van der Waals surface area contributed by atoms with Crippen molar-refractivity contribution in [1.82, 2.24) is 18.8 Å². The maximum atomic E-state index is 12.7. The lowest BCUT2D eigenvalue weighted by Gasteiger charge is -2.32. The molecule has 1 atom stereocenters. The molecule has 2 fully saturated rings. The molecule has 8 nitrogen and oxygen atoms in total. The smallest absolute Gasteiger partial charge is 0.281 e. The van der Waals surface area contributed by atoms with E-state index in [-0.39, 0.29) is 18.4 Å². The first-order valence-electron chi connectivity index (χ1n) is 10.2. The molecule has 2 aliphatic rings. The topological polar surface area (TPSA) is 82.2 Å². The van der Waals surface area contributed by atoms with E-state index in [2.05, 4.69) is 16.3 Å². The highest BCUT2D eigenvalue weighted by atomic mass is 32.2. The van der Waals surface area contributed by atoms with Gasteiger partial charge in [-0.25, -0.2) is 0 Å². The minimum absolute atomic E-state index is 0.0789. The second-order valence-electron chi connectivity index (χ2n) is 7.86.